The molecule has 0 radical (unpaired) electrons. The van der Waals surface area contributed by atoms with Crippen LogP contribution in [-0.4, -0.2) is 25.9 Å². The standard InChI is InChI=1S/C11H10O6S2.C10H8/c12-18(13,14)11(19(15,16)17)10-7-3-5-8-4-1-2-6-9(8)10;1-2-6-10-8-4-3-7-9(10)5-1/h1-7,11H,(H,12,13,14)(H,15,16,17);1-8H. The molecule has 0 amide bonds. The molecule has 4 aromatic carbocycles. The molecule has 0 aromatic heterocycles. The maximum absolute atomic E-state index is 11.2. The molecule has 0 heterocycles. The lowest BCUT2D eigenvalue weighted by atomic mass is 10.1. The van der Waals surface area contributed by atoms with Gasteiger partial charge in [-0.2, -0.15) is 16.8 Å². The summed E-state index contributed by atoms with van der Waals surface area (Å²) in [4.78, 5) is 0. The van der Waals surface area contributed by atoms with Crippen LogP contribution in [-0.2, 0) is 20.2 Å². The van der Waals surface area contributed by atoms with E-state index in [9.17, 15) is 16.8 Å². The third-order valence-electron chi connectivity index (χ3n) is 4.28. The highest BCUT2D eigenvalue weighted by molar-refractivity contribution is 8.03. The van der Waals surface area contributed by atoms with E-state index < -0.39 is 24.8 Å². The molecule has 6 nitrogen and oxygen atoms in total. The van der Waals surface area contributed by atoms with Gasteiger partial charge in [-0.15, -0.1) is 0 Å². The fourth-order valence-corrected chi connectivity index (χ4v) is 5.35. The van der Waals surface area contributed by atoms with Crippen molar-refractivity contribution in [1.82, 2.24) is 0 Å². The Labute approximate surface area is 168 Å². The molecule has 0 aliphatic heterocycles. The van der Waals surface area contributed by atoms with Crippen LogP contribution in [0.5, 0.6) is 0 Å². The molecule has 4 aromatic rings. The maximum Gasteiger partial charge on any atom is 0.289 e. The number of benzene rings is 4. The molecule has 0 unspecified atom stereocenters. The van der Waals surface area contributed by atoms with E-state index in [4.69, 9.17) is 9.11 Å². The van der Waals surface area contributed by atoms with E-state index >= 15 is 0 Å². The van der Waals surface area contributed by atoms with Crippen LogP contribution < -0.4 is 0 Å². The van der Waals surface area contributed by atoms with Gasteiger partial charge in [-0.05, 0) is 27.1 Å². The third-order valence-corrected chi connectivity index (χ3v) is 7.33. The van der Waals surface area contributed by atoms with Crippen molar-refractivity contribution >= 4 is 41.8 Å². The summed E-state index contributed by atoms with van der Waals surface area (Å²) in [6, 6.07) is 27.5. The Balaban J connectivity index is 0.000000200. The Morgan fingerprint density at radius 1 is 0.517 bits per heavy atom. The Morgan fingerprint density at radius 2 is 0.897 bits per heavy atom. The number of fused-ring (bicyclic) bond motifs is 2. The van der Waals surface area contributed by atoms with Gasteiger partial charge in [0.25, 0.3) is 20.2 Å². The molecule has 0 spiro atoms. The van der Waals surface area contributed by atoms with E-state index in [1.165, 1.54) is 29.0 Å². The minimum absolute atomic E-state index is 0.192. The highest BCUT2D eigenvalue weighted by Gasteiger charge is 2.38. The topological polar surface area (TPSA) is 109 Å². The predicted octanol–water partition coefficient (Wildman–Crippen LogP) is 4.45. The van der Waals surface area contributed by atoms with Crippen molar-refractivity contribution in [3.8, 4) is 0 Å². The average Bonchev–Trinajstić information content (AvgIpc) is 2.67. The molecule has 8 heteroatoms. The summed E-state index contributed by atoms with van der Waals surface area (Å²) in [7, 11) is -10.0. The van der Waals surface area contributed by atoms with Crippen molar-refractivity contribution < 1.29 is 25.9 Å². The third kappa shape index (κ3) is 4.99. The Morgan fingerprint density at radius 3 is 1.34 bits per heavy atom. The molecule has 0 aliphatic rings. The van der Waals surface area contributed by atoms with Gasteiger partial charge < -0.3 is 0 Å². The minimum atomic E-state index is -5.01. The fraction of sp³-hybridized carbons (Fsp3) is 0.0476. The van der Waals surface area contributed by atoms with Crippen LogP contribution in [0.2, 0.25) is 0 Å². The van der Waals surface area contributed by atoms with Crippen LogP contribution in [0.4, 0.5) is 0 Å². The van der Waals surface area contributed by atoms with Crippen molar-refractivity contribution in [3.63, 3.8) is 0 Å². The summed E-state index contributed by atoms with van der Waals surface area (Å²) in [6.45, 7) is 0. The first-order chi connectivity index (χ1) is 13.7. The van der Waals surface area contributed by atoms with Gasteiger partial charge in [0.15, 0.2) is 0 Å². The Kier molecular flexibility index (Phi) is 5.99. The van der Waals surface area contributed by atoms with Gasteiger partial charge in [0.05, 0.1) is 0 Å². The summed E-state index contributed by atoms with van der Waals surface area (Å²) in [5.41, 5.74) is -0.192. The quantitative estimate of drug-likeness (QED) is 0.465. The van der Waals surface area contributed by atoms with Gasteiger partial charge in [0.1, 0.15) is 0 Å². The van der Waals surface area contributed by atoms with E-state index in [1.807, 2.05) is 0 Å². The van der Waals surface area contributed by atoms with Crippen LogP contribution >= 0.6 is 0 Å². The highest BCUT2D eigenvalue weighted by atomic mass is 32.3. The van der Waals surface area contributed by atoms with E-state index in [1.54, 1.807) is 24.3 Å². The smallest absolute Gasteiger partial charge is 0.284 e. The van der Waals surface area contributed by atoms with E-state index in [-0.39, 0.29) is 5.56 Å². The zero-order chi connectivity index (χ0) is 21.1. The second-order valence-electron chi connectivity index (χ2n) is 6.28. The van der Waals surface area contributed by atoms with Gasteiger partial charge in [-0.25, -0.2) is 0 Å². The van der Waals surface area contributed by atoms with E-state index in [0.29, 0.717) is 10.8 Å². The van der Waals surface area contributed by atoms with Gasteiger partial charge >= 0.3 is 0 Å². The lowest BCUT2D eigenvalue weighted by Gasteiger charge is -2.13. The van der Waals surface area contributed by atoms with Crippen molar-refractivity contribution in [1.29, 1.82) is 0 Å². The van der Waals surface area contributed by atoms with Crippen LogP contribution in [0.25, 0.3) is 21.5 Å². The summed E-state index contributed by atoms with van der Waals surface area (Å²) in [6.07, 6.45) is 0. The van der Waals surface area contributed by atoms with Crippen LogP contribution in [0.15, 0.2) is 91.0 Å². The second-order valence-corrected chi connectivity index (χ2v) is 9.58. The molecule has 0 fully saturated rings. The molecule has 0 atom stereocenters. The van der Waals surface area contributed by atoms with Crippen molar-refractivity contribution in [3.05, 3.63) is 96.6 Å². The number of hydrogen-bond acceptors (Lipinski definition) is 4. The predicted molar refractivity (Wildman–Crippen MR) is 114 cm³/mol. The summed E-state index contributed by atoms with van der Waals surface area (Å²) < 4.78 is 60.7. The first-order valence-corrected chi connectivity index (χ1v) is 11.5. The minimum Gasteiger partial charge on any atom is -0.284 e. The molecule has 0 saturated heterocycles. The van der Waals surface area contributed by atoms with Crippen molar-refractivity contribution in [2.24, 2.45) is 0 Å². The first kappa shape index (κ1) is 20.9. The van der Waals surface area contributed by atoms with Gasteiger partial charge in [-0.3, -0.25) is 9.11 Å². The molecule has 0 saturated carbocycles. The van der Waals surface area contributed by atoms with E-state index in [0.717, 1.165) is 0 Å². The largest absolute Gasteiger partial charge is 0.289 e. The normalized spacial score (nSPS) is 12.0. The SMILES string of the molecule is O=S(=O)(O)C(c1cccc2ccccc12)S(=O)(=O)O.c1ccc2ccccc2c1. The summed E-state index contributed by atoms with van der Waals surface area (Å²) in [5.74, 6) is 0. The molecular formula is C21H18O6S2. The number of hydrogen-bond donors (Lipinski definition) is 2. The Hall–Kier alpha value is -2.78. The molecular weight excluding hydrogens is 412 g/mol. The van der Waals surface area contributed by atoms with Gasteiger partial charge in [0, 0.05) is 0 Å². The molecule has 0 aliphatic carbocycles. The zero-order valence-corrected chi connectivity index (χ0v) is 16.7. The molecule has 29 heavy (non-hydrogen) atoms. The highest BCUT2D eigenvalue weighted by Crippen LogP contribution is 2.32. The molecule has 0 bridgehead atoms. The molecule has 2 N–H and O–H groups in total. The fourth-order valence-electron chi connectivity index (χ4n) is 3.06. The Bertz CT molecular complexity index is 1260. The molecule has 4 rings (SSSR count). The van der Waals surface area contributed by atoms with Crippen LogP contribution in [0.1, 0.15) is 10.1 Å². The first-order valence-electron chi connectivity index (χ1n) is 8.52. The zero-order valence-electron chi connectivity index (χ0n) is 15.1. The lowest BCUT2D eigenvalue weighted by Crippen LogP contribution is -2.21. The van der Waals surface area contributed by atoms with Crippen LogP contribution in [0, 0.1) is 0 Å². The summed E-state index contributed by atoms with van der Waals surface area (Å²) >= 11 is 0. The van der Waals surface area contributed by atoms with Crippen molar-refractivity contribution in [2.45, 2.75) is 4.58 Å². The van der Waals surface area contributed by atoms with Crippen molar-refractivity contribution in [2.75, 3.05) is 0 Å². The average molecular weight is 431 g/mol. The number of rotatable bonds is 3. The van der Waals surface area contributed by atoms with Gasteiger partial charge in [0.2, 0.25) is 4.58 Å². The second kappa shape index (κ2) is 8.30. The summed E-state index contributed by atoms with van der Waals surface area (Å²) in [5, 5.41) is 3.54. The maximum atomic E-state index is 11.2. The molecule has 150 valence electrons. The van der Waals surface area contributed by atoms with Gasteiger partial charge in [-0.1, -0.05) is 91.0 Å². The monoisotopic (exact) mass is 430 g/mol. The van der Waals surface area contributed by atoms with Crippen LogP contribution in [0.3, 0.4) is 0 Å². The lowest BCUT2D eigenvalue weighted by molar-refractivity contribution is 0.457. The van der Waals surface area contributed by atoms with E-state index in [2.05, 4.69) is 48.5 Å².